The minimum absolute atomic E-state index is 0.130. The number of halogens is 1. The maximum absolute atomic E-state index is 14.3. The van der Waals surface area contributed by atoms with Gasteiger partial charge in [-0.25, -0.2) is 9.40 Å². The van der Waals surface area contributed by atoms with Crippen molar-refractivity contribution in [1.82, 2.24) is 9.91 Å². The molecule has 0 radical (unpaired) electrons. The van der Waals surface area contributed by atoms with Crippen LogP contribution in [0.1, 0.15) is 22.9 Å². The predicted molar refractivity (Wildman–Crippen MR) is 112 cm³/mol. The summed E-state index contributed by atoms with van der Waals surface area (Å²) in [6.45, 7) is 0.253. The van der Waals surface area contributed by atoms with Crippen LogP contribution in [0.15, 0.2) is 46.9 Å². The fourth-order valence-corrected chi connectivity index (χ4v) is 4.06. The number of hydrazone groups is 1. The number of ether oxygens (including phenoxy) is 2. The molecule has 0 fully saturated rings. The fraction of sp³-hybridized carbons (Fsp3) is 0.381. The van der Waals surface area contributed by atoms with Crippen LogP contribution in [-0.4, -0.2) is 68.0 Å². The molecule has 0 aliphatic carbocycles. The van der Waals surface area contributed by atoms with Crippen LogP contribution in [0.25, 0.3) is 0 Å². The van der Waals surface area contributed by atoms with Crippen molar-refractivity contribution >= 4 is 28.9 Å². The number of thiophene rings is 1. The normalized spacial score (nSPS) is 15.9. The van der Waals surface area contributed by atoms with Gasteiger partial charge in [0.15, 0.2) is 0 Å². The van der Waals surface area contributed by atoms with Crippen molar-refractivity contribution in [2.24, 2.45) is 5.10 Å². The molecule has 2 heterocycles. The average Bonchev–Trinajstić information content (AvgIpc) is 3.41. The number of carbonyl (C=O) groups excluding carboxylic acids is 2. The second-order valence-electron chi connectivity index (χ2n) is 6.74. The summed E-state index contributed by atoms with van der Waals surface area (Å²) in [6.07, 6.45) is 0.400. The monoisotopic (exact) mass is 433 g/mol. The zero-order valence-corrected chi connectivity index (χ0v) is 17.7. The fourth-order valence-electron chi connectivity index (χ4n) is 3.24. The van der Waals surface area contributed by atoms with Gasteiger partial charge in [-0.05, 0) is 17.5 Å². The van der Waals surface area contributed by atoms with Crippen molar-refractivity contribution in [1.29, 1.82) is 0 Å². The lowest BCUT2D eigenvalue weighted by Gasteiger charge is -2.26. The van der Waals surface area contributed by atoms with Gasteiger partial charge in [-0.2, -0.15) is 5.10 Å². The quantitative estimate of drug-likeness (QED) is 0.610. The van der Waals surface area contributed by atoms with E-state index in [1.165, 1.54) is 41.5 Å². The molecule has 1 aromatic heterocycles. The van der Waals surface area contributed by atoms with E-state index >= 15 is 0 Å². The van der Waals surface area contributed by atoms with Crippen molar-refractivity contribution in [3.8, 4) is 0 Å². The molecule has 1 aliphatic rings. The van der Waals surface area contributed by atoms with E-state index in [1.807, 2.05) is 17.5 Å². The van der Waals surface area contributed by atoms with Crippen molar-refractivity contribution < 1.29 is 23.5 Å². The number of rotatable bonds is 9. The number of amides is 2. The smallest absolute Gasteiger partial charge is 0.262 e. The van der Waals surface area contributed by atoms with Crippen LogP contribution in [0.2, 0.25) is 0 Å². The standard InChI is InChI=1S/C21H24FN3O4S/c1-28-10-9-24(21(27)14-29-2)13-20(26)25-18(19-8-5-11-30-19)12-17(23-25)15-6-3-4-7-16(15)22/h3-8,11,18H,9-10,12-14H2,1-2H3/t18-/m0/s1. The molecule has 30 heavy (non-hydrogen) atoms. The van der Waals surface area contributed by atoms with Crippen LogP contribution in [0.5, 0.6) is 0 Å². The van der Waals surface area contributed by atoms with E-state index in [4.69, 9.17) is 9.47 Å². The Hall–Kier alpha value is -2.62. The largest absolute Gasteiger partial charge is 0.383 e. The number of hydrogen-bond acceptors (Lipinski definition) is 6. The molecular formula is C21H24FN3O4S. The molecule has 3 rings (SSSR count). The van der Waals surface area contributed by atoms with Crippen LogP contribution in [0.4, 0.5) is 4.39 Å². The molecule has 0 bridgehead atoms. The zero-order chi connectivity index (χ0) is 21.5. The number of methoxy groups -OCH3 is 2. The van der Waals surface area contributed by atoms with Gasteiger partial charge in [-0.15, -0.1) is 11.3 Å². The van der Waals surface area contributed by atoms with Crippen LogP contribution in [0.3, 0.4) is 0 Å². The first kappa shape index (κ1) is 22.1. The van der Waals surface area contributed by atoms with Crippen molar-refractivity contribution in [3.05, 3.63) is 58.0 Å². The van der Waals surface area contributed by atoms with Gasteiger partial charge in [0.2, 0.25) is 5.91 Å². The summed E-state index contributed by atoms with van der Waals surface area (Å²) in [5, 5.41) is 7.75. The SMILES string of the molecule is COCCN(CC(=O)N1N=C(c2ccccc2F)C[C@H]1c1cccs1)C(=O)COC. The van der Waals surface area contributed by atoms with Crippen molar-refractivity contribution in [2.75, 3.05) is 40.5 Å². The predicted octanol–water partition coefficient (Wildman–Crippen LogP) is 2.69. The molecule has 0 saturated carbocycles. The highest BCUT2D eigenvalue weighted by Gasteiger charge is 2.35. The number of hydrogen-bond donors (Lipinski definition) is 0. The summed E-state index contributed by atoms with van der Waals surface area (Å²) in [6, 6.07) is 9.86. The molecular weight excluding hydrogens is 409 g/mol. The summed E-state index contributed by atoms with van der Waals surface area (Å²) in [4.78, 5) is 27.8. The Bertz CT molecular complexity index is 903. The third-order valence-corrected chi connectivity index (χ3v) is 5.71. The minimum atomic E-state index is -0.382. The van der Waals surface area contributed by atoms with Gasteiger partial charge < -0.3 is 14.4 Å². The van der Waals surface area contributed by atoms with E-state index in [-0.39, 0.29) is 43.4 Å². The van der Waals surface area contributed by atoms with Gasteiger partial charge in [-0.3, -0.25) is 9.59 Å². The molecule has 0 N–H and O–H groups in total. The highest BCUT2D eigenvalue weighted by Crippen LogP contribution is 2.35. The van der Waals surface area contributed by atoms with Gasteiger partial charge in [0, 0.05) is 37.6 Å². The number of benzene rings is 1. The van der Waals surface area contributed by atoms with Gasteiger partial charge >= 0.3 is 0 Å². The zero-order valence-electron chi connectivity index (χ0n) is 16.9. The van der Waals surface area contributed by atoms with Crippen LogP contribution < -0.4 is 0 Å². The van der Waals surface area contributed by atoms with Crippen LogP contribution >= 0.6 is 11.3 Å². The second kappa shape index (κ2) is 10.4. The van der Waals surface area contributed by atoms with E-state index in [1.54, 1.807) is 18.2 Å². The number of carbonyl (C=O) groups is 2. The number of nitrogens with zero attached hydrogens (tertiary/aromatic N) is 3. The van der Waals surface area contributed by atoms with E-state index < -0.39 is 0 Å². The van der Waals surface area contributed by atoms with Crippen molar-refractivity contribution in [2.45, 2.75) is 12.5 Å². The minimum Gasteiger partial charge on any atom is -0.383 e. The van der Waals surface area contributed by atoms with Gasteiger partial charge in [0.05, 0.1) is 18.4 Å². The Balaban J connectivity index is 1.85. The summed E-state index contributed by atoms with van der Waals surface area (Å²) in [5.74, 6) is -1.04. The molecule has 0 unspecified atom stereocenters. The Labute approximate surface area is 178 Å². The average molecular weight is 434 g/mol. The van der Waals surface area contributed by atoms with E-state index in [0.717, 1.165) is 4.88 Å². The Morgan fingerprint density at radius 2 is 2.03 bits per heavy atom. The first-order chi connectivity index (χ1) is 14.5. The third kappa shape index (κ3) is 5.10. The lowest BCUT2D eigenvalue weighted by Crippen LogP contribution is -2.44. The molecule has 2 aromatic rings. The van der Waals surface area contributed by atoms with Gasteiger partial charge in [0.25, 0.3) is 5.91 Å². The lowest BCUT2D eigenvalue weighted by atomic mass is 10.0. The highest BCUT2D eigenvalue weighted by atomic mass is 32.1. The molecule has 9 heteroatoms. The summed E-state index contributed by atoms with van der Waals surface area (Å²) in [7, 11) is 2.95. The Morgan fingerprint density at radius 1 is 1.23 bits per heavy atom. The molecule has 2 amide bonds. The summed E-state index contributed by atoms with van der Waals surface area (Å²) < 4.78 is 24.3. The second-order valence-corrected chi connectivity index (χ2v) is 7.72. The lowest BCUT2D eigenvalue weighted by molar-refractivity contribution is -0.144. The first-order valence-electron chi connectivity index (χ1n) is 9.48. The molecule has 1 aliphatic heterocycles. The Morgan fingerprint density at radius 3 is 2.70 bits per heavy atom. The van der Waals surface area contributed by atoms with Crippen LogP contribution in [0, 0.1) is 5.82 Å². The molecule has 7 nitrogen and oxygen atoms in total. The molecule has 0 saturated heterocycles. The van der Waals surface area contributed by atoms with Gasteiger partial charge in [0.1, 0.15) is 19.0 Å². The van der Waals surface area contributed by atoms with E-state index in [0.29, 0.717) is 24.3 Å². The van der Waals surface area contributed by atoms with Crippen molar-refractivity contribution in [3.63, 3.8) is 0 Å². The van der Waals surface area contributed by atoms with Crippen LogP contribution in [-0.2, 0) is 19.1 Å². The molecule has 160 valence electrons. The maximum atomic E-state index is 14.3. The van der Waals surface area contributed by atoms with E-state index in [2.05, 4.69) is 5.10 Å². The topological polar surface area (TPSA) is 71.4 Å². The summed E-state index contributed by atoms with van der Waals surface area (Å²) in [5.41, 5.74) is 0.882. The highest BCUT2D eigenvalue weighted by molar-refractivity contribution is 7.10. The molecule has 1 aromatic carbocycles. The molecule has 0 spiro atoms. The van der Waals surface area contributed by atoms with E-state index in [9.17, 15) is 14.0 Å². The van der Waals surface area contributed by atoms with Gasteiger partial charge in [-0.1, -0.05) is 24.3 Å². The summed E-state index contributed by atoms with van der Waals surface area (Å²) >= 11 is 1.51. The Kier molecular flexibility index (Phi) is 7.67. The first-order valence-corrected chi connectivity index (χ1v) is 10.4. The maximum Gasteiger partial charge on any atom is 0.262 e. The molecule has 1 atom stereocenters. The third-order valence-electron chi connectivity index (χ3n) is 4.73.